The molecule has 0 radical (unpaired) electrons. The summed E-state index contributed by atoms with van der Waals surface area (Å²) in [5.74, 6) is -0.147. The van der Waals surface area contributed by atoms with Crippen LogP contribution < -0.4 is 15.5 Å². The van der Waals surface area contributed by atoms with Crippen LogP contribution in [0.5, 0.6) is 0 Å². The Kier molecular flexibility index (Phi) is 6.24. The van der Waals surface area contributed by atoms with Crippen LogP contribution in [0.25, 0.3) is 0 Å². The molecule has 5 heteroatoms. The molecule has 112 valence electrons. The fourth-order valence-corrected chi connectivity index (χ4v) is 2.43. The lowest BCUT2D eigenvalue weighted by Gasteiger charge is -2.23. The summed E-state index contributed by atoms with van der Waals surface area (Å²) < 4.78 is 14.0. The van der Waals surface area contributed by atoms with Gasteiger partial charge in [-0.25, -0.2) is 4.39 Å². The Morgan fingerprint density at radius 1 is 1.30 bits per heavy atom. The highest BCUT2D eigenvalue weighted by Gasteiger charge is 2.14. The zero-order valence-electron chi connectivity index (χ0n) is 11.9. The highest BCUT2D eigenvalue weighted by molar-refractivity contribution is 5.50. The Labute approximate surface area is 120 Å². The second-order valence-corrected chi connectivity index (χ2v) is 5.13. The van der Waals surface area contributed by atoms with Crippen LogP contribution in [-0.2, 0) is 6.54 Å². The Morgan fingerprint density at radius 2 is 2.20 bits per heavy atom. The highest BCUT2D eigenvalue weighted by atomic mass is 19.1. The third-order valence-corrected chi connectivity index (χ3v) is 3.53. The van der Waals surface area contributed by atoms with E-state index in [1.54, 1.807) is 6.07 Å². The maximum Gasteiger partial charge on any atom is 0.146 e. The number of nitrogens with one attached hydrogen (secondary N) is 2. The number of benzene rings is 1. The molecule has 1 aromatic rings. The number of halogens is 1. The van der Waals surface area contributed by atoms with Gasteiger partial charge in [-0.1, -0.05) is 6.07 Å². The number of aliphatic hydroxyl groups is 1. The molecule has 1 heterocycles. The van der Waals surface area contributed by atoms with Crippen LogP contribution in [0.1, 0.15) is 18.4 Å². The van der Waals surface area contributed by atoms with Gasteiger partial charge in [0.1, 0.15) is 5.82 Å². The van der Waals surface area contributed by atoms with Crippen LogP contribution in [0.2, 0.25) is 0 Å². The van der Waals surface area contributed by atoms with Gasteiger partial charge in [0.25, 0.3) is 0 Å². The molecule has 2 rings (SSSR count). The fraction of sp³-hybridized carbons (Fsp3) is 0.600. The second-order valence-electron chi connectivity index (χ2n) is 5.13. The molecular weight excluding hydrogens is 257 g/mol. The second kappa shape index (κ2) is 8.19. The number of anilines is 1. The van der Waals surface area contributed by atoms with E-state index in [4.69, 9.17) is 5.11 Å². The SMILES string of the molecule is OCCCNCc1ccc(F)c(N2CCCNCC2)c1. The van der Waals surface area contributed by atoms with E-state index in [1.165, 1.54) is 0 Å². The summed E-state index contributed by atoms with van der Waals surface area (Å²) in [6.07, 6.45) is 1.78. The van der Waals surface area contributed by atoms with E-state index < -0.39 is 0 Å². The largest absolute Gasteiger partial charge is 0.396 e. The molecule has 1 aromatic carbocycles. The smallest absolute Gasteiger partial charge is 0.146 e. The number of aliphatic hydroxyl groups excluding tert-OH is 1. The van der Waals surface area contributed by atoms with E-state index in [0.29, 0.717) is 12.2 Å². The minimum Gasteiger partial charge on any atom is -0.396 e. The van der Waals surface area contributed by atoms with E-state index in [0.717, 1.165) is 51.1 Å². The van der Waals surface area contributed by atoms with Gasteiger partial charge in [-0.3, -0.25) is 0 Å². The third-order valence-electron chi connectivity index (χ3n) is 3.53. The molecule has 0 spiro atoms. The molecule has 0 aromatic heterocycles. The highest BCUT2D eigenvalue weighted by Crippen LogP contribution is 2.21. The average molecular weight is 281 g/mol. The van der Waals surface area contributed by atoms with Gasteiger partial charge in [-0.2, -0.15) is 0 Å². The minimum absolute atomic E-state index is 0.147. The van der Waals surface area contributed by atoms with Crippen LogP contribution in [0.3, 0.4) is 0 Å². The van der Waals surface area contributed by atoms with Crippen molar-refractivity contribution in [2.24, 2.45) is 0 Å². The van der Waals surface area contributed by atoms with Crippen molar-refractivity contribution in [3.63, 3.8) is 0 Å². The van der Waals surface area contributed by atoms with Gasteiger partial charge in [0.15, 0.2) is 0 Å². The molecule has 0 bridgehead atoms. The number of hydrogen-bond donors (Lipinski definition) is 3. The predicted molar refractivity (Wildman–Crippen MR) is 79.5 cm³/mol. The zero-order valence-corrected chi connectivity index (χ0v) is 11.9. The Bertz CT molecular complexity index is 406. The number of rotatable bonds is 6. The summed E-state index contributed by atoms with van der Waals surface area (Å²) in [4.78, 5) is 2.12. The first-order valence-corrected chi connectivity index (χ1v) is 7.37. The summed E-state index contributed by atoms with van der Waals surface area (Å²) in [5, 5.41) is 15.3. The van der Waals surface area contributed by atoms with Crippen molar-refractivity contribution in [2.45, 2.75) is 19.4 Å². The topological polar surface area (TPSA) is 47.5 Å². The lowest BCUT2D eigenvalue weighted by atomic mass is 10.1. The molecule has 20 heavy (non-hydrogen) atoms. The summed E-state index contributed by atoms with van der Waals surface area (Å²) in [6, 6.07) is 5.31. The number of hydrogen-bond acceptors (Lipinski definition) is 4. The first-order valence-electron chi connectivity index (χ1n) is 7.37. The summed E-state index contributed by atoms with van der Waals surface area (Å²) in [6.45, 7) is 5.32. The predicted octanol–water partition coefficient (Wildman–Crippen LogP) is 1.10. The van der Waals surface area contributed by atoms with Crippen LogP contribution in [0.15, 0.2) is 18.2 Å². The van der Waals surface area contributed by atoms with Crippen LogP contribution in [-0.4, -0.2) is 44.4 Å². The third kappa shape index (κ3) is 4.44. The summed E-state index contributed by atoms with van der Waals surface area (Å²) >= 11 is 0. The molecule has 0 saturated carbocycles. The molecule has 0 aliphatic carbocycles. The minimum atomic E-state index is -0.147. The van der Waals surface area contributed by atoms with Crippen molar-refractivity contribution < 1.29 is 9.50 Å². The molecular formula is C15H24FN3O. The van der Waals surface area contributed by atoms with E-state index >= 15 is 0 Å². The normalized spacial score (nSPS) is 16.2. The van der Waals surface area contributed by atoms with Gasteiger partial charge in [0.05, 0.1) is 5.69 Å². The Morgan fingerprint density at radius 3 is 3.05 bits per heavy atom. The number of nitrogens with zero attached hydrogens (tertiary/aromatic N) is 1. The maximum absolute atomic E-state index is 14.0. The molecule has 1 saturated heterocycles. The standard InChI is InChI=1S/C15H24FN3O/c16-14-4-3-13(12-18-6-2-10-20)11-15(14)19-8-1-5-17-7-9-19/h3-4,11,17-18,20H,1-2,5-10,12H2. The molecule has 0 amide bonds. The van der Waals surface area contributed by atoms with Gasteiger partial charge in [0, 0.05) is 32.8 Å². The van der Waals surface area contributed by atoms with Crippen LogP contribution in [0.4, 0.5) is 10.1 Å². The first-order chi connectivity index (χ1) is 9.81. The molecule has 1 aliphatic heterocycles. The van der Waals surface area contributed by atoms with Gasteiger partial charge in [-0.05, 0) is 43.6 Å². The van der Waals surface area contributed by atoms with Crippen molar-refractivity contribution in [3.8, 4) is 0 Å². The molecule has 0 atom stereocenters. The Hall–Kier alpha value is -1.17. The van der Waals surface area contributed by atoms with E-state index in [9.17, 15) is 4.39 Å². The van der Waals surface area contributed by atoms with Crippen LogP contribution in [0, 0.1) is 5.82 Å². The summed E-state index contributed by atoms with van der Waals surface area (Å²) in [5.41, 5.74) is 1.78. The lowest BCUT2D eigenvalue weighted by molar-refractivity contribution is 0.286. The van der Waals surface area contributed by atoms with E-state index in [1.807, 2.05) is 12.1 Å². The van der Waals surface area contributed by atoms with Crippen molar-refractivity contribution in [1.29, 1.82) is 0 Å². The van der Waals surface area contributed by atoms with Gasteiger partial charge in [-0.15, -0.1) is 0 Å². The fourth-order valence-electron chi connectivity index (χ4n) is 2.43. The molecule has 4 nitrogen and oxygen atoms in total. The molecule has 1 fully saturated rings. The van der Waals surface area contributed by atoms with Crippen molar-refractivity contribution in [1.82, 2.24) is 10.6 Å². The molecule has 0 unspecified atom stereocenters. The monoisotopic (exact) mass is 281 g/mol. The van der Waals surface area contributed by atoms with Gasteiger partial charge < -0.3 is 20.6 Å². The average Bonchev–Trinajstić information content (AvgIpc) is 2.74. The van der Waals surface area contributed by atoms with Gasteiger partial charge in [0.2, 0.25) is 0 Å². The van der Waals surface area contributed by atoms with Crippen LogP contribution >= 0.6 is 0 Å². The van der Waals surface area contributed by atoms with E-state index in [-0.39, 0.29) is 12.4 Å². The molecule has 1 aliphatic rings. The summed E-state index contributed by atoms with van der Waals surface area (Å²) in [7, 11) is 0. The molecule has 3 N–H and O–H groups in total. The van der Waals surface area contributed by atoms with Crippen molar-refractivity contribution in [3.05, 3.63) is 29.6 Å². The van der Waals surface area contributed by atoms with Crippen molar-refractivity contribution in [2.75, 3.05) is 44.2 Å². The van der Waals surface area contributed by atoms with Gasteiger partial charge >= 0.3 is 0 Å². The quantitative estimate of drug-likeness (QED) is 0.683. The maximum atomic E-state index is 14.0. The first kappa shape index (κ1) is 15.2. The van der Waals surface area contributed by atoms with Crippen molar-refractivity contribution >= 4 is 5.69 Å². The van der Waals surface area contributed by atoms with E-state index in [2.05, 4.69) is 15.5 Å². The zero-order chi connectivity index (χ0) is 14.2. The lowest BCUT2D eigenvalue weighted by Crippen LogP contribution is -2.28. The Balaban J connectivity index is 1.99.